The number of amides is 1. The number of rotatable bonds is 5. The molecule has 4 nitrogen and oxygen atoms in total. The fourth-order valence-electron chi connectivity index (χ4n) is 1.65. The number of hydrogen-bond donors (Lipinski definition) is 2. The molecule has 20 heavy (non-hydrogen) atoms. The summed E-state index contributed by atoms with van der Waals surface area (Å²) in [4.78, 5) is 16.2. The number of pyridine rings is 1. The van der Waals surface area contributed by atoms with Crippen LogP contribution in [0.2, 0.25) is 0 Å². The van der Waals surface area contributed by atoms with Crippen molar-refractivity contribution in [1.82, 2.24) is 4.98 Å². The van der Waals surface area contributed by atoms with Crippen molar-refractivity contribution < 1.29 is 4.79 Å². The van der Waals surface area contributed by atoms with Crippen LogP contribution in [-0.4, -0.2) is 17.4 Å². The number of carbonyl (C=O) groups is 1. The van der Waals surface area contributed by atoms with Crippen LogP contribution in [0.15, 0.2) is 47.1 Å². The van der Waals surface area contributed by atoms with Crippen molar-refractivity contribution in [2.45, 2.75) is 13.3 Å². The van der Waals surface area contributed by atoms with Crippen LogP contribution in [0.25, 0.3) is 0 Å². The van der Waals surface area contributed by atoms with Gasteiger partial charge >= 0.3 is 0 Å². The predicted octanol–water partition coefficient (Wildman–Crippen LogP) is 3.92. The summed E-state index contributed by atoms with van der Waals surface area (Å²) in [7, 11) is 0. The van der Waals surface area contributed by atoms with Gasteiger partial charge in [0.1, 0.15) is 5.69 Å². The topological polar surface area (TPSA) is 54.0 Å². The second-order valence-electron chi connectivity index (χ2n) is 4.29. The Hall–Kier alpha value is -1.88. The van der Waals surface area contributed by atoms with Crippen molar-refractivity contribution in [2.75, 3.05) is 17.2 Å². The van der Waals surface area contributed by atoms with Crippen LogP contribution < -0.4 is 10.6 Å². The molecule has 2 aromatic rings. The van der Waals surface area contributed by atoms with Gasteiger partial charge in [0.15, 0.2) is 0 Å². The van der Waals surface area contributed by atoms with E-state index in [4.69, 9.17) is 0 Å². The molecule has 1 amide bonds. The minimum absolute atomic E-state index is 0.223. The molecule has 104 valence electrons. The van der Waals surface area contributed by atoms with Crippen molar-refractivity contribution >= 4 is 33.2 Å². The van der Waals surface area contributed by atoms with Crippen LogP contribution in [0.3, 0.4) is 0 Å². The first-order chi connectivity index (χ1) is 9.70. The molecule has 1 aromatic heterocycles. The number of aromatic nitrogens is 1. The van der Waals surface area contributed by atoms with Crippen molar-refractivity contribution in [2.24, 2.45) is 0 Å². The van der Waals surface area contributed by atoms with Gasteiger partial charge in [0.2, 0.25) is 0 Å². The van der Waals surface area contributed by atoms with E-state index in [1.54, 1.807) is 12.3 Å². The summed E-state index contributed by atoms with van der Waals surface area (Å²) >= 11 is 3.39. The van der Waals surface area contributed by atoms with E-state index in [-0.39, 0.29) is 5.91 Å². The highest BCUT2D eigenvalue weighted by Gasteiger charge is 2.09. The van der Waals surface area contributed by atoms with Crippen molar-refractivity contribution in [3.05, 3.63) is 52.8 Å². The number of hydrogen-bond acceptors (Lipinski definition) is 3. The molecule has 0 aliphatic rings. The van der Waals surface area contributed by atoms with E-state index in [0.717, 1.165) is 28.8 Å². The number of halogens is 1. The lowest BCUT2D eigenvalue weighted by Crippen LogP contribution is -2.14. The zero-order chi connectivity index (χ0) is 14.4. The number of para-hydroxylation sites is 1. The van der Waals surface area contributed by atoms with E-state index in [2.05, 4.69) is 38.5 Å². The summed E-state index contributed by atoms with van der Waals surface area (Å²) in [6.45, 7) is 2.99. The van der Waals surface area contributed by atoms with Crippen LogP contribution in [0.5, 0.6) is 0 Å². The fraction of sp³-hybridized carbons (Fsp3) is 0.200. The van der Waals surface area contributed by atoms with Crippen LogP contribution in [-0.2, 0) is 0 Å². The van der Waals surface area contributed by atoms with Gasteiger partial charge in [0.05, 0.1) is 17.6 Å². The SMILES string of the molecule is CCCNc1ccc(C(=O)Nc2ccccc2Br)nc1. The van der Waals surface area contributed by atoms with Crippen LogP contribution in [0, 0.1) is 0 Å². The molecule has 0 atom stereocenters. The van der Waals surface area contributed by atoms with Gasteiger partial charge in [-0.15, -0.1) is 0 Å². The minimum Gasteiger partial charge on any atom is -0.384 e. The zero-order valence-corrected chi connectivity index (χ0v) is 12.8. The second-order valence-corrected chi connectivity index (χ2v) is 5.15. The summed E-state index contributed by atoms with van der Waals surface area (Å²) in [6, 6.07) is 11.0. The van der Waals surface area contributed by atoms with E-state index < -0.39 is 0 Å². The summed E-state index contributed by atoms with van der Waals surface area (Å²) in [5, 5.41) is 6.04. The standard InChI is InChI=1S/C15H16BrN3O/c1-2-9-17-11-7-8-14(18-10-11)15(20)19-13-6-4-3-5-12(13)16/h3-8,10,17H,2,9H2,1H3,(H,19,20). The predicted molar refractivity (Wildman–Crippen MR) is 85.1 cm³/mol. The van der Waals surface area contributed by atoms with Gasteiger partial charge < -0.3 is 10.6 Å². The Morgan fingerprint density at radius 2 is 2.05 bits per heavy atom. The molecule has 0 unspecified atom stereocenters. The highest BCUT2D eigenvalue weighted by molar-refractivity contribution is 9.10. The number of anilines is 2. The smallest absolute Gasteiger partial charge is 0.274 e. The average Bonchev–Trinajstić information content (AvgIpc) is 2.48. The van der Waals surface area contributed by atoms with Crippen molar-refractivity contribution in [1.29, 1.82) is 0 Å². The lowest BCUT2D eigenvalue weighted by atomic mass is 10.3. The molecule has 0 radical (unpaired) electrons. The lowest BCUT2D eigenvalue weighted by Gasteiger charge is -2.08. The van der Waals surface area contributed by atoms with Crippen LogP contribution in [0.1, 0.15) is 23.8 Å². The molecule has 1 aromatic carbocycles. The van der Waals surface area contributed by atoms with E-state index in [1.807, 2.05) is 30.3 Å². The molecule has 0 aliphatic carbocycles. The molecular formula is C15H16BrN3O. The summed E-state index contributed by atoms with van der Waals surface area (Å²) in [5.74, 6) is -0.223. The Bertz CT molecular complexity index is 584. The summed E-state index contributed by atoms with van der Waals surface area (Å²) in [6.07, 6.45) is 2.72. The number of carbonyl (C=O) groups excluding carboxylic acids is 1. The van der Waals surface area contributed by atoms with E-state index >= 15 is 0 Å². The van der Waals surface area contributed by atoms with Gasteiger partial charge in [0.25, 0.3) is 5.91 Å². The van der Waals surface area contributed by atoms with Crippen molar-refractivity contribution in [3.8, 4) is 0 Å². The lowest BCUT2D eigenvalue weighted by molar-refractivity contribution is 0.102. The van der Waals surface area contributed by atoms with Crippen molar-refractivity contribution in [3.63, 3.8) is 0 Å². The number of benzene rings is 1. The summed E-state index contributed by atoms with van der Waals surface area (Å²) in [5.41, 5.74) is 2.04. The maximum atomic E-state index is 12.1. The van der Waals surface area contributed by atoms with Gasteiger partial charge in [-0.25, -0.2) is 4.98 Å². The maximum Gasteiger partial charge on any atom is 0.274 e. The molecule has 2 rings (SSSR count). The fourth-order valence-corrected chi connectivity index (χ4v) is 2.03. The van der Waals surface area contributed by atoms with Gasteiger partial charge in [-0.05, 0) is 46.6 Å². The molecule has 0 saturated heterocycles. The Labute approximate surface area is 126 Å². The van der Waals surface area contributed by atoms with Crippen LogP contribution >= 0.6 is 15.9 Å². The van der Waals surface area contributed by atoms with Gasteiger partial charge in [-0.3, -0.25) is 4.79 Å². The van der Waals surface area contributed by atoms with E-state index in [9.17, 15) is 4.79 Å². The third-order valence-electron chi connectivity index (χ3n) is 2.70. The molecule has 0 fully saturated rings. The zero-order valence-electron chi connectivity index (χ0n) is 11.2. The monoisotopic (exact) mass is 333 g/mol. The van der Waals surface area contributed by atoms with Gasteiger partial charge in [-0.1, -0.05) is 19.1 Å². The minimum atomic E-state index is -0.223. The molecule has 2 N–H and O–H groups in total. The highest BCUT2D eigenvalue weighted by atomic mass is 79.9. The Morgan fingerprint density at radius 1 is 1.25 bits per heavy atom. The Morgan fingerprint density at radius 3 is 2.70 bits per heavy atom. The second kappa shape index (κ2) is 7.05. The normalized spacial score (nSPS) is 10.1. The molecule has 0 spiro atoms. The quantitative estimate of drug-likeness (QED) is 0.871. The largest absolute Gasteiger partial charge is 0.384 e. The van der Waals surface area contributed by atoms with Gasteiger partial charge in [-0.2, -0.15) is 0 Å². The first-order valence-corrected chi connectivity index (χ1v) is 7.26. The number of nitrogens with one attached hydrogen (secondary N) is 2. The average molecular weight is 334 g/mol. The van der Waals surface area contributed by atoms with E-state index in [1.165, 1.54) is 0 Å². The van der Waals surface area contributed by atoms with Gasteiger partial charge in [0, 0.05) is 11.0 Å². The molecular weight excluding hydrogens is 318 g/mol. The first-order valence-electron chi connectivity index (χ1n) is 6.46. The Kier molecular flexibility index (Phi) is 5.12. The molecule has 0 aliphatic heterocycles. The maximum absolute atomic E-state index is 12.1. The third kappa shape index (κ3) is 3.81. The van der Waals surface area contributed by atoms with Crippen LogP contribution in [0.4, 0.5) is 11.4 Å². The Balaban J connectivity index is 2.04. The first kappa shape index (κ1) is 14.5. The molecule has 0 saturated carbocycles. The molecule has 1 heterocycles. The number of nitrogens with zero attached hydrogens (tertiary/aromatic N) is 1. The van der Waals surface area contributed by atoms with E-state index in [0.29, 0.717) is 5.69 Å². The third-order valence-corrected chi connectivity index (χ3v) is 3.39. The molecule has 5 heteroatoms. The highest BCUT2D eigenvalue weighted by Crippen LogP contribution is 2.21. The summed E-state index contributed by atoms with van der Waals surface area (Å²) < 4.78 is 0.842. The molecule has 0 bridgehead atoms.